The first-order chi connectivity index (χ1) is 11.7. The number of hydrogen-bond donors (Lipinski definition) is 1. The summed E-state index contributed by atoms with van der Waals surface area (Å²) in [5.74, 6) is 1.13. The molecule has 0 bridgehead atoms. The summed E-state index contributed by atoms with van der Waals surface area (Å²) in [7, 11) is 0. The van der Waals surface area contributed by atoms with E-state index in [1.54, 1.807) is 18.5 Å². The number of nitrogens with two attached hydrogens (primary N) is 1. The van der Waals surface area contributed by atoms with Crippen LogP contribution in [0.2, 0.25) is 0 Å². The molecule has 0 radical (unpaired) electrons. The summed E-state index contributed by atoms with van der Waals surface area (Å²) in [6, 6.07) is 11.4. The van der Waals surface area contributed by atoms with E-state index in [1.165, 1.54) is 0 Å². The second kappa shape index (κ2) is 7.45. The third-order valence-electron chi connectivity index (χ3n) is 4.46. The van der Waals surface area contributed by atoms with Gasteiger partial charge < -0.3 is 15.4 Å². The van der Waals surface area contributed by atoms with Gasteiger partial charge in [0.05, 0.1) is 0 Å². The van der Waals surface area contributed by atoms with Gasteiger partial charge in [-0.1, -0.05) is 12.1 Å². The molecule has 24 heavy (non-hydrogen) atoms. The Morgan fingerprint density at radius 2 is 2.25 bits per heavy atom. The van der Waals surface area contributed by atoms with E-state index >= 15 is 0 Å². The molecular formula is C19H23N3O2. The van der Waals surface area contributed by atoms with Crippen molar-refractivity contribution in [2.45, 2.75) is 26.0 Å². The number of amides is 1. The maximum atomic E-state index is 12.8. The standard InChI is InChI=1S/C19H23N3O2/c1-14-8-16(10-20)12-22(14)19(23)17-5-2-6-18(9-17)24-13-15-4-3-7-21-11-15/h2-7,9,11,14,16H,8,10,12-13,20H2,1H3. The normalized spacial score (nSPS) is 20.2. The first-order valence-corrected chi connectivity index (χ1v) is 8.30. The van der Waals surface area contributed by atoms with Crippen LogP contribution in [0, 0.1) is 5.92 Å². The summed E-state index contributed by atoms with van der Waals surface area (Å²) in [4.78, 5) is 18.7. The number of carbonyl (C=O) groups is 1. The van der Waals surface area contributed by atoms with E-state index in [9.17, 15) is 4.79 Å². The fourth-order valence-electron chi connectivity index (χ4n) is 3.13. The number of likely N-dealkylation sites (tertiary alicyclic amines) is 1. The molecule has 0 saturated carbocycles. The van der Waals surface area contributed by atoms with Crippen LogP contribution in [0.3, 0.4) is 0 Å². The van der Waals surface area contributed by atoms with Crippen molar-refractivity contribution < 1.29 is 9.53 Å². The summed E-state index contributed by atoms with van der Waals surface area (Å²) in [6.45, 7) is 3.87. The van der Waals surface area contributed by atoms with E-state index in [0.717, 1.165) is 18.5 Å². The molecule has 2 N–H and O–H groups in total. The summed E-state index contributed by atoms with van der Waals surface area (Å²) in [5.41, 5.74) is 7.40. The molecule has 1 aliphatic rings. The summed E-state index contributed by atoms with van der Waals surface area (Å²) >= 11 is 0. The number of benzene rings is 1. The molecule has 2 unspecified atom stereocenters. The molecule has 1 saturated heterocycles. The molecule has 0 spiro atoms. The zero-order chi connectivity index (χ0) is 16.9. The second-order valence-corrected chi connectivity index (χ2v) is 6.32. The van der Waals surface area contributed by atoms with Crippen LogP contribution >= 0.6 is 0 Å². The fraction of sp³-hybridized carbons (Fsp3) is 0.368. The van der Waals surface area contributed by atoms with Gasteiger partial charge in [-0.2, -0.15) is 0 Å². The minimum absolute atomic E-state index is 0.0466. The third-order valence-corrected chi connectivity index (χ3v) is 4.46. The van der Waals surface area contributed by atoms with Crippen molar-refractivity contribution in [1.29, 1.82) is 0 Å². The molecule has 1 amide bonds. The van der Waals surface area contributed by atoms with Gasteiger partial charge in [-0.25, -0.2) is 0 Å². The number of rotatable bonds is 5. The zero-order valence-electron chi connectivity index (χ0n) is 13.9. The lowest BCUT2D eigenvalue weighted by Crippen LogP contribution is -2.34. The van der Waals surface area contributed by atoms with E-state index in [-0.39, 0.29) is 11.9 Å². The topological polar surface area (TPSA) is 68.5 Å². The van der Waals surface area contributed by atoms with Gasteiger partial charge in [-0.05, 0) is 50.1 Å². The maximum Gasteiger partial charge on any atom is 0.254 e. The Hall–Kier alpha value is -2.40. The van der Waals surface area contributed by atoms with Crippen LogP contribution in [0.25, 0.3) is 0 Å². The number of pyridine rings is 1. The predicted octanol–water partition coefficient (Wildman–Crippen LogP) is 2.47. The lowest BCUT2D eigenvalue weighted by Gasteiger charge is -2.21. The van der Waals surface area contributed by atoms with Crippen LogP contribution < -0.4 is 10.5 Å². The highest BCUT2D eigenvalue weighted by Crippen LogP contribution is 2.25. The molecule has 1 aromatic heterocycles. The minimum Gasteiger partial charge on any atom is -0.489 e. The van der Waals surface area contributed by atoms with E-state index in [1.807, 2.05) is 35.2 Å². The van der Waals surface area contributed by atoms with Crippen molar-refractivity contribution in [3.05, 3.63) is 59.9 Å². The number of carbonyl (C=O) groups excluding carboxylic acids is 1. The molecule has 2 atom stereocenters. The minimum atomic E-state index is 0.0466. The SMILES string of the molecule is CC1CC(CN)CN1C(=O)c1cccc(OCc2cccnc2)c1. The summed E-state index contributed by atoms with van der Waals surface area (Å²) in [5, 5.41) is 0. The average molecular weight is 325 g/mol. The van der Waals surface area contributed by atoms with E-state index < -0.39 is 0 Å². The van der Waals surface area contributed by atoms with Gasteiger partial charge in [-0.3, -0.25) is 9.78 Å². The molecule has 3 rings (SSSR count). The number of hydrogen-bond acceptors (Lipinski definition) is 4. The van der Waals surface area contributed by atoms with Gasteiger partial charge in [0.25, 0.3) is 5.91 Å². The van der Waals surface area contributed by atoms with Crippen LogP contribution in [-0.2, 0) is 6.61 Å². The smallest absolute Gasteiger partial charge is 0.254 e. The predicted molar refractivity (Wildman–Crippen MR) is 92.7 cm³/mol. The van der Waals surface area contributed by atoms with Gasteiger partial charge in [0.1, 0.15) is 12.4 Å². The molecule has 1 fully saturated rings. The van der Waals surface area contributed by atoms with E-state index in [0.29, 0.717) is 30.4 Å². The van der Waals surface area contributed by atoms with Gasteiger partial charge in [0, 0.05) is 36.1 Å². The first kappa shape index (κ1) is 16.5. The molecule has 2 heterocycles. The van der Waals surface area contributed by atoms with Gasteiger partial charge in [0.2, 0.25) is 0 Å². The van der Waals surface area contributed by atoms with Gasteiger partial charge in [-0.15, -0.1) is 0 Å². The van der Waals surface area contributed by atoms with Gasteiger partial charge in [0.15, 0.2) is 0 Å². The zero-order valence-corrected chi connectivity index (χ0v) is 13.9. The van der Waals surface area contributed by atoms with Crippen LogP contribution in [0.5, 0.6) is 5.75 Å². The van der Waals surface area contributed by atoms with E-state index in [4.69, 9.17) is 10.5 Å². The molecule has 0 aliphatic carbocycles. The maximum absolute atomic E-state index is 12.8. The Balaban J connectivity index is 1.67. The van der Waals surface area contributed by atoms with Crippen LogP contribution in [0.15, 0.2) is 48.8 Å². The monoisotopic (exact) mass is 325 g/mol. The van der Waals surface area contributed by atoms with Crippen molar-refractivity contribution in [1.82, 2.24) is 9.88 Å². The highest BCUT2D eigenvalue weighted by Gasteiger charge is 2.32. The summed E-state index contributed by atoms with van der Waals surface area (Å²) < 4.78 is 5.78. The molecule has 5 nitrogen and oxygen atoms in total. The van der Waals surface area contributed by atoms with E-state index in [2.05, 4.69) is 11.9 Å². The third kappa shape index (κ3) is 3.74. The number of ether oxygens (including phenoxy) is 1. The van der Waals surface area contributed by atoms with Crippen molar-refractivity contribution in [2.75, 3.05) is 13.1 Å². The van der Waals surface area contributed by atoms with Crippen molar-refractivity contribution >= 4 is 5.91 Å². The highest BCUT2D eigenvalue weighted by molar-refractivity contribution is 5.95. The van der Waals surface area contributed by atoms with Crippen molar-refractivity contribution in [2.24, 2.45) is 11.7 Å². The Labute approximate surface area is 142 Å². The number of aromatic nitrogens is 1. The van der Waals surface area contributed by atoms with Gasteiger partial charge >= 0.3 is 0 Å². The molecule has 126 valence electrons. The molecule has 1 aromatic carbocycles. The van der Waals surface area contributed by atoms with Crippen molar-refractivity contribution in [3.63, 3.8) is 0 Å². The fourth-order valence-corrected chi connectivity index (χ4v) is 3.13. The second-order valence-electron chi connectivity index (χ2n) is 6.32. The van der Waals surface area contributed by atoms with Crippen LogP contribution in [-0.4, -0.2) is 34.9 Å². The molecule has 1 aliphatic heterocycles. The lowest BCUT2D eigenvalue weighted by atomic mass is 10.1. The van der Waals surface area contributed by atoms with Crippen LogP contribution in [0.1, 0.15) is 29.3 Å². The quantitative estimate of drug-likeness (QED) is 0.917. The molecule has 2 aromatic rings. The molecule has 5 heteroatoms. The number of nitrogens with zero attached hydrogens (tertiary/aromatic N) is 2. The Morgan fingerprint density at radius 1 is 1.38 bits per heavy atom. The Kier molecular flexibility index (Phi) is 5.11. The summed E-state index contributed by atoms with van der Waals surface area (Å²) in [6.07, 6.45) is 4.47. The van der Waals surface area contributed by atoms with Crippen LogP contribution in [0.4, 0.5) is 0 Å². The largest absolute Gasteiger partial charge is 0.489 e. The Bertz CT molecular complexity index is 690. The molecular weight excluding hydrogens is 302 g/mol. The Morgan fingerprint density at radius 3 is 2.96 bits per heavy atom. The van der Waals surface area contributed by atoms with Crippen molar-refractivity contribution in [3.8, 4) is 5.75 Å². The average Bonchev–Trinajstić information content (AvgIpc) is 3.01. The lowest BCUT2D eigenvalue weighted by molar-refractivity contribution is 0.0743. The first-order valence-electron chi connectivity index (χ1n) is 8.30. The highest BCUT2D eigenvalue weighted by atomic mass is 16.5.